The van der Waals surface area contributed by atoms with E-state index in [2.05, 4.69) is 20.7 Å². The zero-order valence-electron chi connectivity index (χ0n) is 16.6. The number of nitrogens with two attached hydrogens (primary N) is 1. The number of hydrogen-bond acceptors (Lipinski definition) is 6. The van der Waals surface area contributed by atoms with Gasteiger partial charge in [0, 0.05) is 37.4 Å². The lowest BCUT2D eigenvalue weighted by Crippen LogP contribution is -2.50. The number of hydrogen-bond donors (Lipinski definition) is 4. The number of carbonyl (C=O) groups is 3. The number of nitrogens with zero attached hydrogens (tertiary/aromatic N) is 1. The Hall–Kier alpha value is -2.65. The van der Waals surface area contributed by atoms with Crippen LogP contribution in [0.4, 0.5) is 10.5 Å². The van der Waals surface area contributed by atoms with Crippen molar-refractivity contribution in [2.75, 3.05) is 32.1 Å². The topological polar surface area (TPSA) is 126 Å². The molecule has 9 heteroatoms. The van der Waals surface area contributed by atoms with Crippen LogP contribution in [0.2, 0.25) is 0 Å². The van der Waals surface area contributed by atoms with Crippen LogP contribution in [0, 0.1) is 0 Å². The van der Waals surface area contributed by atoms with Crippen LogP contribution in [0.3, 0.4) is 0 Å². The van der Waals surface area contributed by atoms with E-state index in [0.717, 1.165) is 32.2 Å². The smallest absolute Gasteiger partial charge is 0.337 e. The van der Waals surface area contributed by atoms with Crippen molar-refractivity contribution >= 4 is 23.6 Å². The summed E-state index contributed by atoms with van der Waals surface area (Å²) in [7, 11) is 1.32. The number of nitrogens with one attached hydrogen (secondary N) is 3. The second-order valence-electron chi connectivity index (χ2n) is 7.46. The van der Waals surface area contributed by atoms with E-state index in [9.17, 15) is 14.4 Å². The van der Waals surface area contributed by atoms with Gasteiger partial charge in [-0.25, -0.2) is 9.59 Å². The van der Waals surface area contributed by atoms with Crippen molar-refractivity contribution < 1.29 is 19.1 Å². The zero-order chi connectivity index (χ0) is 20.8. The number of methoxy groups -OCH3 is 1. The third-order valence-electron chi connectivity index (χ3n) is 5.54. The fourth-order valence-electron chi connectivity index (χ4n) is 3.94. The minimum Gasteiger partial charge on any atom is -0.465 e. The molecule has 0 aromatic heterocycles. The highest BCUT2D eigenvalue weighted by Gasteiger charge is 2.36. The summed E-state index contributed by atoms with van der Waals surface area (Å²) in [6, 6.07) is 6.11. The average molecular weight is 403 g/mol. The first-order valence-electron chi connectivity index (χ1n) is 10.0. The van der Waals surface area contributed by atoms with E-state index in [1.807, 2.05) is 4.90 Å². The lowest BCUT2D eigenvalue weighted by atomic mass is 10.1. The fourth-order valence-corrected chi connectivity index (χ4v) is 3.94. The summed E-state index contributed by atoms with van der Waals surface area (Å²) in [5, 5.41) is 8.88. The van der Waals surface area contributed by atoms with E-state index in [1.54, 1.807) is 24.3 Å². The summed E-state index contributed by atoms with van der Waals surface area (Å²) in [4.78, 5) is 38.2. The van der Waals surface area contributed by atoms with Crippen LogP contribution in [0.1, 0.15) is 36.0 Å². The molecule has 1 aromatic carbocycles. The van der Waals surface area contributed by atoms with E-state index in [1.165, 1.54) is 7.11 Å². The lowest BCUT2D eigenvalue weighted by Gasteiger charge is -2.27. The molecule has 1 aromatic rings. The average Bonchev–Trinajstić information content (AvgIpc) is 3.41. The molecule has 0 spiro atoms. The molecule has 0 aliphatic carbocycles. The molecule has 2 fully saturated rings. The number of esters is 1. The van der Waals surface area contributed by atoms with Crippen molar-refractivity contribution in [3.8, 4) is 0 Å². The Morgan fingerprint density at radius 3 is 2.66 bits per heavy atom. The molecule has 3 amide bonds. The van der Waals surface area contributed by atoms with E-state index >= 15 is 0 Å². The number of rotatable bonds is 6. The van der Waals surface area contributed by atoms with Gasteiger partial charge in [-0.05, 0) is 49.9 Å². The van der Waals surface area contributed by atoms with Crippen LogP contribution in [-0.2, 0) is 9.53 Å². The molecular formula is C20H29N5O4. The highest BCUT2D eigenvalue weighted by molar-refractivity contribution is 5.92. The number of carbonyl (C=O) groups excluding carboxylic acids is 3. The van der Waals surface area contributed by atoms with Crippen LogP contribution in [0.25, 0.3) is 0 Å². The second kappa shape index (κ2) is 9.71. The first kappa shape index (κ1) is 21.1. The number of likely N-dealkylation sites (tertiary alicyclic amines) is 1. The maximum absolute atomic E-state index is 12.7. The minimum atomic E-state index is -0.427. The van der Waals surface area contributed by atoms with Gasteiger partial charge < -0.3 is 31.3 Å². The standard InChI is InChI=1S/C20H29N5O4/c1-29-19(27)13-4-6-14(7-5-13)24-20(28)22-12-15-8-9-17(23-15)18(26)25-10-2-3-16(25)11-21/h4-7,15-17,23H,2-3,8-12,21H2,1H3,(H2,22,24,28). The van der Waals surface area contributed by atoms with Gasteiger partial charge in [0.2, 0.25) is 5.91 Å². The summed E-state index contributed by atoms with van der Waals surface area (Å²) < 4.78 is 4.64. The molecule has 29 heavy (non-hydrogen) atoms. The van der Waals surface area contributed by atoms with Gasteiger partial charge in [-0.15, -0.1) is 0 Å². The van der Waals surface area contributed by atoms with Crippen molar-refractivity contribution in [3.05, 3.63) is 29.8 Å². The van der Waals surface area contributed by atoms with Crippen LogP contribution in [-0.4, -0.2) is 67.7 Å². The summed E-state index contributed by atoms with van der Waals surface area (Å²) in [6.07, 6.45) is 3.56. The Balaban J connectivity index is 1.42. The first-order valence-corrected chi connectivity index (χ1v) is 10.0. The van der Waals surface area contributed by atoms with Gasteiger partial charge in [-0.1, -0.05) is 0 Å². The van der Waals surface area contributed by atoms with Crippen LogP contribution >= 0.6 is 0 Å². The monoisotopic (exact) mass is 403 g/mol. The van der Waals surface area contributed by atoms with Crippen LogP contribution < -0.4 is 21.7 Å². The SMILES string of the molecule is COC(=O)c1ccc(NC(=O)NCC2CCC(C(=O)N3CCCC3CN)N2)cc1. The molecule has 158 valence electrons. The van der Waals surface area contributed by atoms with Crippen LogP contribution in [0.5, 0.6) is 0 Å². The van der Waals surface area contributed by atoms with E-state index in [4.69, 9.17) is 5.73 Å². The summed E-state index contributed by atoms with van der Waals surface area (Å²) in [5.74, 6) is -0.306. The third kappa shape index (κ3) is 5.24. The molecule has 0 radical (unpaired) electrons. The quantitative estimate of drug-likeness (QED) is 0.517. The largest absolute Gasteiger partial charge is 0.465 e. The summed E-state index contributed by atoms with van der Waals surface area (Å²) in [6.45, 7) is 1.71. The van der Waals surface area contributed by atoms with Gasteiger partial charge in [0.25, 0.3) is 0 Å². The molecule has 2 saturated heterocycles. The van der Waals surface area contributed by atoms with Crippen molar-refractivity contribution in [2.24, 2.45) is 5.73 Å². The molecule has 2 heterocycles. The van der Waals surface area contributed by atoms with Gasteiger partial charge in [0.1, 0.15) is 0 Å². The van der Waals surface area contributed by atoms with Crippen molar-refractivity contribution in [2.45, 2.75) is 43.8 Å². The number of urea groups is 1. The number of amides is 3. The summed E-state index contributed by atoms with van der Waals surface area (Å²) in [5.41, 5.74) is 6.76. The Labute approximate surface area is 170 Å². The van der Waals surface area contributed by atoms with E-state index < -0.39 is 5.97 Å². The minimum absolute atomic E-state index is 0.0512. The van der Waals surface area contributed by atoms with Gasteiger partial charge in [0.05, 0.1) is 18.7 Å². The van der Waals surface area contributed by atoms with Gasteiger partial charge in [-0.2, -0.15) is 0 Å². The molecular weight excluding hydrogens is 374 g/mol. The normalized spacial score (nSPS) is 23.7. The number of anilines is 1. The molecule has 2 aliphatic heterocycles. The molecule has 0 saturated carbocycles. The Morgan fingerprint density at radius 2 is 1.97 bits per heavy atom. The fraction of sp³-hybridized carbons (Fsp3) is 0.550. The number of ether oxygens (including phenoxy) is 1. The summed E-state index contributed by atoms with van der Waals surface area (Å²) >= 11 is 0. The predicted molar refractivity (Wildman–Crippen MR) is 109 cm³/mol. The molecule has 9 nitrogen and oxygen atoms in total. The molecule has 3 unspecified atom stereocenters. The Bertz CT molecular complexity index is 739. The van der Waals surface area contributed by atoms with Crippen molar-refractivity contribution in [1.29, 1.82) is 0 Å². The highest BCUT2D eigenvalue weighted by Crippen LogP contribution is 2.21. The predicted octanol–water partition coefficient (Wildman–Crippen LogP) is 0.665. The third-order valence-corrected chi connectivity index (χ3v) is 5.54. The lowest BCUT2D eigenvalue weighted by molar-refractivity contribution is -0.133. The molecule has 0 bridgehead atoms. The maximum Gasteiger partial charge on any atom is 0.337 e. The molecule has 3 rings (SSSR count). The van der Waals surface area contributed by atoms with Gasteiger partial charge >= 0.3 is 12.0 Å². The number of benzene rings is 1. The first-order chi connectivity index (χ1) is 14.0. The molecule has 3 atom stereocenters. The maximum atomic E-state index is 12.7. The van der Waals surface area contributed by atoms with Gasteiger partial charge in [0.15, 0.2) is 0 Å². The van der Waals surface area contributed by atoms with Crippen molar-refractivity contribution in [3.63, 3.8) is 0 Å². The molecule has 2 aliphatic rings. The second-order valence-corrected chi connectivity index (χ2v) is 7.46. The van der Waals surface area contributed by atoms with Crippen LogP contribution in [0.15, 0.2) is 24.3 Å². The Morgan fingerprint density at radius 1 is 1.21 bits per heavy atom. The van der Waals surface area contributed by atoms with E-state index in [-0.39, 0.29) is 30.1 Å². The van der Waals surface area contributed by atoms with Gasteiger partial charge in [-0.3, -0.25) is 4.79 Å². The van der Waals surface area contributed by atoms with Crippen molar-refractivity contribution in [1.82, 2.24) is 15.5 Å². The zero-order valence-corrected chi connectivity index (χ0v) is 16.6. The molecule has 5 N–H and O–H groups in total. The Kier molecular flexibility index (Phi) is 7.05. The van der Waals surface area contributed by atoms with E-state index in [0.29, 0.717) is 24.3 Å². The highest BCUT2D eigenvalue weighted by atomic mass is 16.5.